The van der Waals surface area contributed by atoms with Gasteiger partial charge >= 0.3 is 0 Å². The number of para-hydroxylation sites is 1. The zero-order valence-electron chi connectivity index (χ0n) is 10.5. The zero-order chi connectivity index (χ0) is 12.1. The number of anilines is 1. The fourth-order valence-electron chi connectivity index (χ4n) is 2.45. The Labute approximate surface area is 103 Å². The number of benzene rings is 1. The smallest absolute Gasteiger partial charge is 0.146 e. The maximum Gasteiger partial charge on any atom is 0.146 e. The van der Waals surface area contributed by atoms with Crippen LogP contribution in [0.1, 0.15) is 25.7 Å². The van der Waals surface area contributed by atoms with E-state index in [1.165, 1.54) is 31.7 Å². The van der Waals surface area contributed by atoms with Gasteiger partial charge in [0.05, 0.1) is 5.69 Å². The summed E-state index contributed by atoms with van der Waals surface area (Å²) in [7, 11) is 1.94. The largest absolute Gasteiger partial charge is 0.371 e. The minimum absolute atomic E-state index is 0.143. The Morgan fingerprint density at radius 2 is 2.00 bits per heavy atom. The van der Waals surface area contributed by atoms with Gasteiger partial charge in [-0.2, -0.15) is 0 Å². The molecule has 0 radical (unpaired) electrons. The molecule has 2 nitrogen and oxygen atoms in total. The van der Waals surface area contributed by atoms with Gasteiger partial charge in [-0.3, -0.25) is 0 Å². The third-order valence-electron chi connectivity index (χ3n) is 3.50. The summed E-state index contributed by atoms with van der Waals surface area (Å²) in [4.78, 5) is 1.97. The van der Waals surface area contributed by atoms with Gasteiger partial charge in [-0.15, -0.1) is 0 Å². The molecule has 94 valence electrons. The predicted octanol–water partition coefficient (Wildman–Crippen LogP) is 2.79. The molecule has 0 amide bonds. The first-order valence-electron chi connectivity index (χ1n) is 6.46. The Morgan fingerprint density at radius 1 is 1.29 bits per heavy atom. The SMILES string of the molecule is CN(CCNC1CCCC1)c1ccccc1F. The lowest BCUT2D eigenvalue weighted by atomic mass is 10.2. The van der Waals surface area contributed by atoms with E-state index < -0.39 is 0 Å². The van der Waals surface area contributed by atoms with Crippen molar-refractivity contribution in [1.82, 2.24) is 5.32 Å². The maximum absolute atomic E-state index is 13.5. The molecule has 0 heterocycles. The van der Waals surface area contributed by atoms with E-state index in [1.54, 1.807) is 6.07 Å². The zero-order valence-corrected chi connectivity index (χ0v) is 10.5. The fraction of sp³-hybridized carbons (Fsp3) is 0.571. The molecule has 0 aliphatic heterocycles. The molecule has 1 aromatic carbocycles. The number of halogens is 1. The van der Waals surface area contributed by atoms with Crippen LogP contribution in [0.4, 0.5) is 10.1 Å². The second kappa shape index (κ2) is 6.01. The van der Waals surface area contributed by atoms with Gasteiger partial charge in [0, 0.05) is 26.2 Å². The summed E-state index contributed by atoms with van der Waals surface area (Å²) in [6.07, 6.45) is 5.29. The Hall–Kier alpha value is -1.09. The van der Waals surface area contributed by atoms with Crippen LogP contribution < -0.4 is 10.2 Å². The molecule has 0 bridgehead atoms. The minimum atomic E-state index is -0.143. The molecule has 1 aliphatic carbocycles. The highest BCUT2D eigenvalue weighted by Gasteiger charge is 2.14. The molecule has 1 aromatic rings. The second-order valence-electron chi connectivity index (χ2n) is 4.81. The number of nitrogens with zero attached hydrogens (tertiary/aromatic N) is 1. The first-order valence-corrected chi connectivity index (χ1v) is 6.46. The molecule has 1 fully saturated rings. The Bertz CT molecular complexity index is 348. The Morgan fingerprint density at radius 3 is 2.71 bits per heavy atom. The highest BCUT2D eigenvalue weighted by molar-refractivity contribution is 5.46. The molecule has 0 saturated heterocycles. The van der Waals surface area contributed by atoms with Crippen molar-refractivity contribution in [2.24, 2.45) is 0 Å². The number of hydrogen-bond donors (Lipinski definition) is 1. The summed E-state index contributed by atoms with van der Waals surface area (Å²) in [5.74, 6) is -0.143. The lowest BCUT2D eigenvalue weighted by molar-refractivity contribution is 0.526. The lowest BCUT2D eigenvalue weighted by Gasteiger charge is -2.21. The van der Waals surface area contributed by atoms with Gasteiger partial charge in [-0.25, -0.2) is 4.39 Å². The lowest BCUT2D eigenvalue weighted by Crippen LogP contribution is -2.34. The van der Waals surface area contributed by atoms with Gasteiger partial charge in [0.15, 0.2) is 0 Å². The van der Waals surface area contributed by atoms with Crippen LogP contribution in [-0.2, 0) is 0 Å². The summed E-state index contributed by atoms with van der Waals surface area (Å²) in [6, 6.07) is 7.62. The second-order valence-corrected chi connectivity index (χ2v) is 4.81. The van der Waals surface area contributed by atoms with Crippen molar-refractivity contribution in [1.29, 1.82) is 0 Å². The summed E-state index contributed by atoms with van der Waals surface area (Å²) in [6.45, 7) is 1.77. The average Bonchev–Trinajstić information content (AvgIpc) is 2.82. The van der Waals surface area contributed by atoms with Crippen LogP contribution in [0.15, 0.2) is 24.3 Å². The highest BCUT2D eigenvalue weighted by atomic mass is 19.1. The summed E-state index contributed by atoms with van der Waals surface area (Å²) in [5.41, 5.74) is 0.681. The number of hydrogen-bond acceptors (Lipinski definition) is 2. The molecular formula is C14H21FN2. The minimum Gasteiger partial charge on any atom is -0.371 e. The third-order valence-corrected chi connectivity index (χ3v) is 3.50. The molecule has 17 heavy (non-hydrogen) atoms. The standard InChI is InChI=1S/C14H21FN2/c1-17(14-9-5-4-8-13(14)15)11-10-16-12-6-2-3-7-12/h4-5,8-9,12,16H,2-3,6-7,10-11H2,1H3. The summed E-state index contributed by atoms with van der Waals surface area (Å²) < 4.78 is 13.5. The monoisotopic (exact) mass is 236 g/mol. The van der Waals surface area contributed by atoms with Gasteiger partial charge in [0.25, 0.3) is 0 Å². The molecule has 0 spiro atoms. The fourth-order valence-corrected chi connectivity index (χ4v) is 2.45. The molecule has 0 unspecified atom stereocenters. The molecule has 0 atom stereocenters. The van der Waals surface area contributed by atoms with Crippen LogP contribution in [0, 0.1) is 5.82 Å². The highest BCUT2D eigenvalue weighted by Crippen LogP contribution is 2.18. The summed E-state index contributed by atoms with van der Waals surface area (Å²) in [5, 5.41) is 3.54. The molecular weight excluding hydrogens is 215 g/mol. The van der Waals surface area contributed by atoms with Gasteiger partial charge in [-0.05, 0) is 25.0 Å². The number of likely N-dealkylation sites (N-methyl/N-ethyl adjacent to an activating group) is 1. The maximum atomic E-state index is 13.5. The van der Waals surface area contributed by atoms with Crippen molar-refractivity contribution in [2.75, 3.05) is 25.0 Å². The average molecular weight is 236 g/mol. The van der Waals surface area contributed by atoms with Crippen molar-refractivity contribution in [3.63, 3.8) is 0 Å². The number of rotatable bonds is 5. The number of nitrogens with one attached hydrogen (secondary N) is 1. The van der Waals surface area contributed by atoms with E-state index in [4.69, 9.17) is 0 Å². The molecule has 1 saturated carbocycles. The molecule has 1 N–H and O–H groups in total. The molecule has 2 rings (SSSR count). The third kappa shape index (κ3) is 3.43. The Kier molecular flexibility index (Phi) is 4.37. The van der Waals surface area contributed by atoms with Gasteiger partial charge in [-0.1, -0.05) is 25.0 Å². The Balaban J connectivity index is 1.77. The molecule has 0 aromatic heterocycles. The van der Waals surface area contributed by atoms with E-state index in [2.05, 4.69) is 5.32 Å². The van der Waals surface area contributed by atoms with Crippen molar-refractivity contribution >= 4 is 5.69 Å². The van der Waals surface area contributed by atoms with Crippen LogP contribution in [-0.4, -0.2) is 26.2 Å². The topological polar surface area (TPSA) is 15.3 Å². The van der Waals surface area contributed by atoms with E-state index in [9.17, 15) is 4.39 Å². The van der Waals surface area contributed by atoms with Gasteiger partial charge < -0.3 is 10.2 Å². The van der Waals surface area contributed by atoms with Crippen molar-refractivity contribution in [3.05, 3.63) is 30.1 Å². The first kappa shape index (κ1) is 12.4. The van der Waals surface area contributed by atoms with Crippen LogP contribution in [0.3, 0.4) is 0 Å². The van der Waals surface area contributed by atoms with E-state index >= 15 is 0 Å². The molecule has 3 heteroatoms. The quantitative estimate of drug-likeness (QED) is 0.845. The normalized spacial score (nSPS) is 16.4. The van der Waals surface area contributed by atoms with Gasteiger partial charge in [0.1, 0.15) is 5.82 Å². The van der Waals surface area contributed by atoms with Crippen molar-refractivity contribution < 1.29 is 4.39 Å². The van der Waals surface area contributed by atoms with Crippen LogP contribution >= 0.6 is 0 Å². The van der Waals surface area contributed by atoms with Crippen molar-refractivity contribution in [3.8, 4) is 0 Å². The van der Waals surface area contributed by atoms with E-state index in [0.717, 1.165) is 13.1 Å². The van der Waals surface area contributed by atoms with Gasteiger partial charge in [0.2, 0.25) is 0 Å². The van der Waals surface area contributed by atoms with Crippen LogP contribution in [0.2, 0.25) is 0 Å². The van der Waals surface area contributed by atoms with E-state index in [-0.39, 0.29) is 5.82 Å². The summed E-state index contributed by atoms with van der Waals surface area (Å²) >= 11 is 0. The van der Waals surface area contributed by atoms with Crippen LogP contribution in [0.5, 0.6) is 0 Å². The van der Waals surface area contributed by atoms with Crippen molar-refractivity contribution in [2.45, 2.75) is 31.7 Å². The predicted molar refractivity (Wildman–Crippen MR) is 69.9 cm³/mol. The van der Waals surface area contributed by atoms with Crippen LogP contribution in [0.25, 0.3) is 0 Å². The van der Waals surface area contributed by atoms with E-state index in [0.29, 0.717) is 11.7 Å². The first-order chi connectivity index (χ1) is 8.27. The molecule has 1 aliphatic rings. The van der Waals surface area contributed by atoms with E-state index in [1.807, 2.05) is 24.1 Å².